The van der Waals surface area contributed by atoms with Gasteiger partial charge in [-0.1, -0.05) is 35.5 Å². The first kappa shape index (κ1) is 18.6. The molecule has 4 rings (SSSR count). The van der Waals surface area contributed by atoms with Gasteiger partial charge in [-0.25, -0.2) is 4.98 Å². The van der Waals surface area contributed by atoms with Crippen LogP contribution in [0.2, 0.25) is 0 Å². The van der Waals surface area contributed by atoms with Gasteiger partial charge < -0.3 is 14.7 Å². The van der Waals surface area contributed by atoms with Crippen molar-refractivity contribution in [3.63, 3.8) is 0 Å². The van der Waals surface area contributed by atoms with Crippen molar-refractivity contribution in [1.29, 1.82) is 0 Å². The van der Waals surface area contributed by atoms with E-state index in [2.05, 4.69) is 49.6 Å². The number of pyridine rings is 1. The smallest absolute Gasteiger partial charge is 0.259 e. The van der Waals surface area contributed by atoms with Crippen molar-refractivity contribution in [2.45, 2.75) is 38.1 Å². The third kappa shape index (κ3) is 4.57. The van der Waals surface area contributed by atoms with Crippen molar-refractivity contribution in [1.82, 2.24) is 20.4 Å². The summed E-state index contributed by atoms with van der Waals surface area (Å²) in [6.07, 6.45) is 6.96. The first-order valence-corrected chi connectivity index (χ1v) is 10.1. The Labute approximate surface area is 166 Å². The average molecular weight is 377 g/mol. The number of hydrogen-bond acceptors (Lipinski definition) is 6. The summed E-state index contributed by atoms with van der Waals surface area (Å²) in [6, 6.07) is 15.2. The Morgan fingerprint density at radius 1 is 1.07 bits per heavy atom. The molecule has 1 N–H and O–H groups in total. The molecular formula is C22H27N5O. The van der Waals surface area contributed by atoms with Crippen LogP contribution in [0.5, 0.6) is 0 Å². The summed E-state index contributed by atoms with van der Waals surface area (Å²) < 4.78 is 5.44. The van der Waals surface area contributed by atoms with E-state index in [1.54, 1.807) is 0 Å². The highest BCUT2D eigenvalue weighted by atomic mass is 16.5. The minimum atomic E-state index is 0.544. The number of rotatable bonds is 7. The monoisotopic (exact) mass is 377 g/mol. The quantitative estimate of drug-likeness (QED) is 0.680. The lowest BCUT2D eigenvalue weighted by Gasteiger charge is -2.32. The molecule has 3 aromatic rings. The molecule has 1 aromatic carbocycles. The molecule has 1 saturated heterocycles. The third-order valence-corrected chi connectivity index (χ3v) is 5.40. The predicted octanol–water partition coefficient (Wildman–Crippen LogP) is 3.50. The van der Waals surface area contributed by atoms with Gasteiger partial charge in [0.2, 0.25) is 0 Å². The standard InChI is InChI=1S/C22H27N5O/c1-23-19-12-14-27(15-13-19)21-11-10-18(16-24-21)22-25-20(26-28-22)9-5-8-17-6-3-2-4-7-17/h2-4,6-7,10-11,16,19,23H,5,8-9,12-15H2,1H3. The van der Waals surface area contributed by atoms with E-state index in [1.807, 2.05) is 31.4 Å². The van der Waals surface area contributed by atoms with Crippen LogP contribution in [0.1, 0.15) is 30.7 Å². The summed E-state index contributed by atoms with van der Waals surface area (Å²) in [5.41, 5.74) is 2.21. The Morgan fingerprint density at radius 3 is 2.61 bits per heavy atom. The van der Waals surface area contributed by atoms with Crippen LogP contribution >= 0.6 is 0 Å². The van der Waals surface area contributed by atoms with Crippen LogP contribution in [0, 0.1) is 0 Å². The molecule has 0 radical (unpaired) electrons. The maximum atomic E-state index is 5.44. The van der Waals surface area contributed by atoms with Gasteiger partial charge in [-0.15, -0.1) is 0 Å². The molecule has 1 aliphatic rings. The Hall–Kier alpha value is -2.73. The number of aromatic nitrogens is 3. The Morgan fingerprint density at radius 2 is 1.89 bits per heavy atom. The molecule has 3 heterocycles. The Balaban J connectivity index is 1.32. The van der Waals surface area contributed by atoms with Gasteiger partial charge in [0.1, 0.15) is 5.82 Å². The molecular weight excluding hydrogens is 350 g/mol. The fourth-order valence-electron chi connectivity index (χ4n) is 3.66. The number of benzene rings is 1. The van der Waals surface area contributed by atoms with Crippen LogP contribution in [-0.2, 0) is 12.8 Å². The van der Waals surface area contributed by atoms with Crippen LogP contribution < -0.4 is 10.2 Å². The minimum absolute atomic E-state index is 0.544. The highest BCUT2D eigenvalue weighted by molar-refractivity contribution is 5.54. The Bertz CT molecular complexity index is 854. The summed E-state index contributed by atoms with van der Waals surface area (Å²) >= 11 is 0. The molecule has 0 unspecified atom stereocenters. The van der Waals surface area contributed by atoms with Gasteiger partial charge in [0.05, 0.1) is 5.56 Å². The topological polar surface area (TPSA) is 67.1 Å². The molecule has 0 saturated carbocycles. The minimum Gasteiger partial charge on any atom is -0.357 e. The summed E-state index contributed by atoms with van der Waals surface area (Å²) in [4.78, 5) is 11.5. The van der Waals surface area contributed by atoms with Crippen molar-refractivity contribution in [3.05, 3.63) is 60.0 Å². The van der Waals surface area contributed by atoms with Crippen LogP contribution in [0.15, 0.2) is 53.2 Å². The number of nitrogens with zero attached hydrogens (tertiary/aromatic N) is 4. The zero-order chi connectivity index (χ0) is 19.2. The fraction of sp³-hybridized carbons (Fsp3) is 0.409. The number of aryl methyl sites for hydroxylation is 2. The number of nitrogens with one attached hydrogen (secondary N) is 1. The second-order valence-electron chi connectivity index (χ2n) is 7.31. The molecule has 1 fully saturated rings. The lowest BCUT2D eigenvalue weighted by molar-refractivity contribution is 0.421. The van der Waals surface area contributed by atoms with E-state index in [0.29, 0.717) is 11.9 Å². The van der Waals surface area contributed by atoms with Crippen molar-refractivity contribution in [2.24, 2.45) is 0 Å². The van der Waals surface area contributed by atoms with E-state index in [1.165, 1.54) is 5.56 Å². The summed E-state index contributed by atoms with van der Waals surface area (Å²) in [5.74, 6) is 2.31. The molecule has 0 atom stereocenters. The first-order chi connectivity index (χ1) is 13.8. The summed E-state index contributed by atoms with van der Waals surface area (Å²) in [5, 5.41) is 7.48. The first-order valence-electron chi connectivity index (χ1n) is 10.1. The van der Waals surface area contributed by atoms with E-state index >= 15 is 0 Å². The highest BCUT2D eigenvalue weighted by Gasteiger charge is 2.19. The summed E-state index contributed by atoms with van der Waals surface area (Å²) in [6.45, 7) is 2.06. The van der Waals surface area contributed by atoms with Crippen LogP contribution in [-0.4, -0.2) is 41.3 Å². The second-order valence-corrected chi connectivity index (χ2v) is 7.31. The zero-order valence-corrected chi connectivity index (χ0v) is 16.3. The molecule has 28 heavy (non-hydrogen) atoms. The lowest BCUT2D eigenvalue weighted by atomic mass is 10.1. The van der Waals surface area contributed by atoms with E-state index in [9.17, 15) is 0 Å². The van der Waals surface area contributed by atoms with Gasteiger partial charge in [-0.3, -0.25) is 0 Å². The van der Waals surface area contributed by atoms with Gasteiger partial charge in [0, 0.05) is 31.7 Å². The van der Waals surface area contributed by atoms with Gasteiger partial charge in [0.25, 0.3) is 5.89 Å². The molecule has 6 nitrogen and oxygen atoms in total. The van der Waals surface area contributed by atoms with E-state index in [0.717, 1.165) is 62.4 Å². The molecule has 0 aliphatic carbocycles. The lowest BCUT2D eigenvalue weighted by Crippen LogP contribution is -2.41. The average Bonchev–Trinajstić information content (AvgIpc) is 3.24. The Kier molecular flexibility index (Phi) is 5.97. The van der Waals surface area contributed by atoms with E-state index in [-0.39, 0.29) is 0 Å². The third-order valence-electron chi connectivity index (χ3n) is 5.40. The SMILES string of the molecule is CNC1CCN(c2ccc(-c3nc(CCCc4ccccc4)no3)cn2)CC1. The molecule has 0 spiro atoms. The number of piperidine rings is 1. The van der Waals surface area contributed by atoms with Gasteiger partial charge in [-0.2, -0.15) is 4.98 Å². The zero-order valence-electron chi connectivity index (χ0n) is 16.3. The molecule has 6 heteroatoms. The van der Waals surface area contributed by atoms with Crippen molar-refractivity contribution >= 4 is 5.82 Å². The van der Waals surface area contributed by atoms with Gasteiger partial charge in [0.15, 0.2) is 5.82 Å². The highest BCUT2D eigenvalue weighted by Crippen LogP contribution is 2.22. The van der Waals surface area contributed by atoms with Crippen LogP contribution in [0.25, 0.3) is 11.5 Å². The largest absolute Gasteiger partial charge is 0.357 e. The summed E-state index contributed by atoms with van der Waals surface area (Å²) in [7, 11) is 2.04. The molecule has 0 bridgehead atoms. The number of hydrogen-bond donors (Lipinski definition) is 1. The molecule has 1 aliphatic heterocycles. The molecule has 0 amide bonds. The molecule has 2 aromatic heterocycles. The van der Waals surface area contributed by atoms with Crippen LogP contribution in [0.3, 0.4) is 0 Å². The van der Waals surface area contributed by atoms with Gasteiger partial charge >= 0.3 is 0 Å². The fourth-order valence-corrected chi connectivity index (χ4v) is 3.66. The van der Waals surface area contributed by atoms with Crippen molar-refractivity contribution in [2.75, 3.05) is 25.0 Å². The normalized spacial score (nSPS) is 15.1. The van der Waals surface area contributed by atoms with Crippen LogP contribution in [0.4, 0.5) is 5.82 Å². The van der Waals surface area contributed by atoms with Crippen molar-refractivity contribution in [3.8, 4) is 11.5 Å². The molecule has 146 valence electrons. The predicted molar refractivity (Wildman–Crippen MR) is 110 cm³/mol. The maximum Gasteiger partial charge on any atom is 0.259 e. The number of anilines is 1. The maximum absolute atomic E-state index is 5.44. The van der Waals surface area contributed by atoms with E-state index in [4.69, 9.17) is 4.52 Å². The second kappa shape index (κ2) is 8.97. The van der Waals surface area contributed by atoms with E-state index < -0.39 is 0 Å². The van der Waals surface area contributed by atoms with Crippen molar-refractivity contribution < 1.29 is 4.52 Å². The van der Waals surface area contributed by atoms with Gasteiger partial charge in [-0.05, 0) is 50.4 Å².